The quantitative estimate of drug-likeness (QED) is 0.663. The Balaban J connectivity index is 1.62. The number of methoxy groups -OCH3 is 1. The number of aryl methyl sites for hydroxylation is 1. The van der Waals surface area contributed by atoms with Crippen molar-refractivity contribution in [3.05, 3.63) is 57.9 Å². The van der Waals surface area contributed by atoms with E-state index in [1.54, 1.807) is 36.9 Å². The van der Waals surface area contributed by atoms with Gasteiger partial charge in [-0.3, -0.25) is 9.59 Å². The zero-order valence-corrected chi connectivity index (χ0v) is 15.6. The molecule has 27 heavy (non-hydrogen) atoms. The first-order valence-corrected chi connectivity index (χ1v) is 9.55. The molecule has 7 nitrogen and oxygen atoms in total. The fourth-order valence-electron chi connectivity index (χ4n) is 3.19. The molecule has 0 saturated carbocycles. The highest BCUT2D eigenvalue weighted by Crippen LogP contribution is 2.27. The minimum atomic E-state index is -0.235. The van der Waals surface area contributed by atoms with Crippen LogP contribution in [0, 0.1) is 0 Å². The molecule has 0 aliphatic carbocycles. The molecule has 3 aromatic rings. The number of fused-ring (bicyclic) bond motifs is 1. The minimum absolute atomic E-state index is 0.155. The van der Waals surface area contributed by atoms with Gasteiger partial charge in [0, 0.05) is 23.9 Å². The first kappa shape index (κ1) is 17.4. The van der Waals surface area contributed by atoms with Gasteiger partial charge in [-0.2, -0.15) is 0 Å². The second-order valence-electron chi connectivity index (χ2n) is 6.24. The van der Waals surface area contributed by atoms with E-state index in [1.165, 1.54) is 11.3 Å². The lowest BCUT2D eigenvalue weighted by Crippen LogP contribution is -2.18. The predicted octanol–water partition coefficient (Wildman–Crippen LogP) is 2.71. The number of imidazole rings is 1. The number of carbonyl (C=O) groups is 2. The summed E-state index contributed by atoms with van der Waals surface area (Å²) in [5.41, 5.74) is 3.35. The Morgan fingerprint density at radius 2 is 2.11 bits per heavy atom. The molecule has 0 saturated heterocycles. The number of ketones is 1. The molecule has 0 atom stereocenters. The summed E-state index contributed by atoms with van der Waals surface area (Å²) in [4.78, 5) is 34.1. The second kappa shape index (κ2) is 7.32. The van der Waals surface area contributed by atoms with Crippen molar-refractivity contribution in [2.45, 2.75) is 25.8 Å². The van der Waals surface area contributed by atoms with Crippen LogP contribution in [-0.4, -0.2) is 33.3 Å². The van der Waals surface area contributed by atoms with E-state index < -0.39 is 0 Å². The number of aromatic nitrogens is 3. The number of anilines is 1. The van der Waals surface area contributed by atoms with Gasteiger partial charge >= 0.3 is 0 Å². The fraction of sp³-hybridized carbons (Fsp3) is 0.263. The van der Waals surface area contributed by atoms with E-state index in [0.717, 1.165) is 25.2 Å². The van der Waals surface area contributed by atoms with E-state index in [-0.39, 0.29) is 18.1 Å². The zero-order valence-electron chi connectivity index (χ0n) is 14.8. The maximum absolute atomic E-state index is 13.1. The highest BCUT2D eigenvalue weighted by molar-refractivity contribution is 7.07. The van der Waals surface area contributed by atoms with E-state index in [1.807, 2.05) is 9.95 Å². The zero-order chi connectivity index (χ0) is 18.8. The molecule has 0 spiro atoms. The van der Waals surface area contributed by atoms with Gasteiger partial charge in [-0.15, -0.1) is 11.3 Å². The second-order valence-corrected chi connectivity index (χ2v) is 6.96. The summed E-state index contributed by atoms with van der Waals surface area (Å²) in [6.07, 6.45) is 1.89. The van der Waals surface area contributed by atoms with E-state index in [2.05, 4.69) is 15.3 Å². The van der Waals surface area contributed by atoms with Crippen molar-refractivity contribution in [3.63, 3.8) is 0 Å². The number of nitrogens with one attached hydrogen (secondary N) is 1. The molecule has 2 aromatic heterocycles. The first-order chi connectivity index (χ1) is 13.2. The molecule has 3 heterocycles. The molecule has 1 aliphatic heterocycles. The summed E-state index contributed by atoms with van der Waals surface area (Å²) in [6, 6.07) is 6.93. The SMILES string of the molecule is COc1ccc(C(=O)c2c(NC(=O)Cc3cscn3)nc3n2CCC3)cc1. The number of ether oxygens (including phenoxy) is 1. The number of carbonyl (C=O) groups excluding carboxylic acids is 2. The third-order valence-corrected chi connectivity index (χ3v) is 5.11. The smallest absolute Gasteiger partial charge is 0.231 e. The number of hydrogen-bond acceptors (Lipinski definition) is 6. The molecule has 0 fully saturated rings. The van der Waals surface area contributed by atoms with Crippen molar-refractivity contribution in [2.75, 3.05) is 12.4 Å². The van der Waals surface area contributed by atoms with E-state index in [4.69, 9.17) is 4.74 Å². The summed E-state index contributed by atoms with van der Waals surface area (Å²) in [5, 5.41) is 4.63. The van der Waals surface area contributed by atoms with Crippen LogP contribution in [0.4, 0.5) is 5.82 Å². The van der Waals surface area contributed by atoms with E-state index in [9.17, 15) is 9.59 Å². The van der Waals surface area contributed by atoms with Gasteiger partial charge in [0.25, 0.3) is 0 Å². The molecule has 1 aromatic carbocycles. The monoisotopic (exact) mass is 382 g/mol. The van der Waals surface area contributed by atoms with Gasteiger partial charge in [-0.05, 0) is 30.7 Å². The molecule has 4 rings (SSSR count). The van der Waals surface area contributed by atoms with Crippen LogP contribution in [0.1, 0.15) is 34.0 Å². The van der Waals surface area contributed by atoms with Crippen LogP contribution in [0.2, 0.25) is 0 Å². The van der Waals surface area contributed by atoms with Crippen LogP contribution in [0.15, 0.2) is 35.2 Å². The lowest BCUT2D eigenvalue weighted by molar-refractivity contribution is -0.115. The van der Waals surface area contributed by atoms with Gasteiger partial charge in [0.05, 0.1) is 24.7 Å². The Bertz CT molecular complexity index is 977. The van der Waals surface area contributed by atoms with Crippen LogP contribution < -0.4 is 10.1 Å². The lowest BCUT2D eigenvalue weighted by atomic mass is 10.1. The van der Waals surface area contributed by atoms with Crippen molar-refractivity contribution < 1.29 is 14.3 Å². The standard InChI is InChI=1S/C19H18N4O3S/c1-26-14-6-4-12(5-7-14)18(25)17-19(21-15-3-2-8-23(15)17)22-16(24)9-13-10-27-11-20-13/h4-7,10-11H,2-3,8-9H2,1H3,(H,22,24). The van der Waals surface area contributed by atoms with Gasteiger partial charge in [0.2, 0.25) is 11.7 Å². The first-order valence-electron chi connectivity index (χ1n) is 8.61. The largest absolute Gasteiger partial charge is 0.497 e. The molecule has 0 radical (unpaired) electrons. The predicted molar refractivity (Wildman–Crippen MR) is 101 cm³/mol. The van der Waals surface area contributed by atoms with Crippen molar-refractivity contribution in [1.82, 2.24) is 14.5 Å². The van der Waals surface area contributed by atoms with Gasteiger partial charge in [0.15, 0.2) is 5.82 Å². The van der Waals surface area contributed by atoms with Crippen molar-refractivity contribution in [1.29, 1.82) is 0 Å². The number of rotatable bonds is 6. The third-order valence-electron chi connectivity index (χ3n) is 4.48. The normalized spacial score (nSPS) is 12.6. The van der Waals surface area contributed by atoms with Gasteiger partial charge in [-0.1, -0.05) is 0 Å². The Morgan fingerprint density at radius 1 is 1.30 bits per heavy atom. The maximum atomic E-state index is 13.1. The molecular formula is C19H18N4O3S. The number of amides is 1. The van der Waals surface area contributed by atoms with Crippen LogP contribution in [0.3, 0.4) is 0 Å². The lowest BCUT2D eigenvalue weighted by Gasteiger charge is -2.09. The summed E-state index contributed by atoms with van der Waals surface area (Å²) < 4.78 is 7.06. The Hall–Kier alpha value is -3.00. The van der Waals surface area contributed by atoms with Crippen LogP contribution in [0.5, 0.6) is 5.75 Å². The fourth-order valence-corrected chi connectivity index (χ4v) is 3.75. The summed E-state index contributed by atoms with van der Waals surface area (Å²) in [6.45, 7) is 0.724. The summed E-state index contributed by atoms with van der Waals surface area (Å²) >= 11 is 1.44. The highest BCUT2D eigenvalue weighted by atomic mass is 32.1. The van der Waals surface area contributed by atoms with E-state index in [0.29, 0.717) is 28.5 Å². The molecule has 0 bridgehead atoms. The van der Waals surface area contributed by atoms with Gasteiger partial charge < -0.3 is 14.6 Å². The summed E-state index contributed by atoms with van der Waals surface area (Å²) in [7, 11) is 1.58. The molecule has 8 heteroatoms. The minimum Gasteiger partial charge on any atom is -0.497 e. The molecule has 1 N–H and O–H groups in total. The number of benzene rings is 1. The molecular weight excluding hydrogens is 364 g/mol. The van der Waals surface area contributed by atoms with Crippen molar-refractivity contribution in [2.24, 2.45) is 0 Å². The maximum Gasteiger partial charge on any atom is 0.231 e. The van der Waals surface area contributed by atoms with Crippen LogP contribution in [0.25, 0.3) is 0 Å². The Morgan fingerprint density at radius 3 is 2.81 bits per heavy atom. The number of thiazole rings is 1. The van der Waals surface area contributed by atoms with E-state index >= 15 is 0 Å². The topological polar surface area (TPSA) is 86.1 Å². The highest BCUT2D eigenvalue weighted by Gasteiger charge is 2.27. The Labute approximate surface area is 160 Å². The third kappa shape index (κ3) is 3.48. The molecule has 1 aliphatic rings. The number of hydrogen-bond donors (Lipinski definition) is 1. The van der Waals surface area contributed by atoms with Crippen LogP contribution >= 0.6 is 11.3 Å². The molecule has 0 unspecified atom stereocenters. The van der Waals surface area contributed by atoms with Crippen LogP contribution in [-0.2, 0) is 24.2 Å². The average Bonchev–Trinajstić information content (AvgIpc) is 3.39. The summed E-state index contributed by atoms with van der Waals surface area (Å²) in [5.74, 6) is 1.44. The van der Waals surface area contributed by atoms with Gasteiger partial charge in [-0.25, -0.2) is 9.97 Å². The Kier molecular flexibility index (Phi) is 4.72. The molecule has 1 amide bonds. The molecule has 138 valence electrons. The van der Waals surface area contributed by atoms with Crippen molar-refractivity contribution >= 4 is 28.8 Å². The van der Waals surface area contributed by atoms with Gasteiger partial charge in [0.1, 0.15) is 17.3 Å². The van der Waals surface area contributed by atoms with Crippen molar-refractivity contribution in [3.8, 4) is 5.75 Å². The average molecular weight is 382 g/mol. The number of nitrogens with zero attached hydrogens (tertiary/aromatic N) is 3.